The van der Waals surface area contributed by atoms with E-state index in [1.54, 1.807) is 6.07 Å². The summed E-state index contributed by atoms with van der Waals surface area (Å²) in [7, 11) is -3.09. The molecule has 2 aliphatic heterocycles. The molecule has 27 heavy (non-hydrogen) atoms. The first-order chi connectivity index (χ1) is 12.7. The van der Waals surface area contributed by atoms with E-state index in [0.29, 0.717) is 6.54 Å². The summed E-state index contributed by atoms with van der Waals surface area (Å²) in [5.41, 5.74) is 1.83. The summed E-state index contributed by atoms with van der Waals surface area (Å²) in [5, 5.41) is 18.9. The summed E-state index contributed by atoms with van der Waals surface area (Å²) < 4.78 is 24.6. The monoisotopic (exact) mass is 394 g/mol. The highest BCUT2D eigenvalue weighted by Crippen LogP contribution is 2.29. The number of piperazine rings is 1. The van der Waals surface area contributed by atoms with E-state index in [-0.39, 0.29) is 34.9 Å². The number of fused-ring (bicyclic) bond motifs is 1. The Morgan fingerprint density at radius 2 is 1.81 bits per heavy atom. The second-order valence-corrected chi connectivity index (χ2v) is 9.77. The second kappa shape index (κ2) is 7.61. The number of carboxylic acids is 1. The summed E-state index contributed by atoms with van der Waals surface area (Å²) in [4.78, 5) is 15.6. The molecule has 2 atom stereocenters. The lowest BCUT2D eigenvalue weighted by Crippen LogP contribution is -2.58. The molecular formula is C19H26N2O5S. The second-order valence-electron chi connectivity index (χ2n) is 7.62. The van der Waals surface area contributed by atoms with Crippen molar-refractivity contribution in [2.24, 2.45) is 0 Å². The van der Waals surface area contributed by atoms with Crippen LogP contribution >= 0.6 is 0 Å². The highest BCUT2D eigenvalue weighted by atomic mass is 32.2. The van der Waals surface area contributed by atoms with Crippen molar-refractivity contribution in [1.29, 1.82) is 0 Å². The Morgan fingerprint density at radius 1 is 1.19 bits per heavy atom. The number of allylic oxidation sites excluding steroid dienone is 1. The third kappa shape index (κ3) is 4.51. The van der Waals surface area contributed by atoms with Crippen LogP contribution in [0.2, 0.25) is 0 Å². The molecule has 148 valence electrons. The molecule has 0 saturated carbocycles. The van der Waals surface area contributed by atoms with Crippen LogP contribution in [-0.4, -0.2) is 77.6 Å². The number of nitrogens with zero attached hydrogens (tertiary/aromatic N) is 2. The maximum atomic E-state index is 12.3. The van der Waals surface area contributed by atoms with Crippen molar-refractivity contribution < 1.29 is 23.4 Å². The van der Waals surface area contributed by atoms with E-state index >= 15 is 0 Å². The molecule has 0 unspecified atom stereocenters. The number of rotatable bonds is 5. The van der Waals surface area contributed by atoms with Gasteiger partial charge in [-0.15, -0.1) is 0 Å². The van der Waals surface area contributed by atoms with Crippen LogP contribution in [0.3, 0.4) is 0 Å². The molecule has 2 aliphatic rings. The molecule has 3 rings (SSSR count). The van der Waals surface area contributed by atoms with Gasteiger partial charge in [0.25, 0.3) is 0 Å². The average molecular weight is 394 g/mol. The Balaban J connectivity index is 1.80. The van der Waals surface area contributed by atoms with E-state index in [0.717, 1.165) is 25.2 Å². The van der Waals surface area contributed by atoms with Crippen LogP contribution in [0.1, 0.15) is 29.8 Å². The first-order valence-corrected chi connectivity index (χ1v) is 10.9. The highest BCUT2D eigenvalue weighted by molar-refractivity contribution is 7.91. The number of carboxylic acid groups (broad SMARTS) is 1. The Morgan fingerprint density at radius 3 is 2.44 bits per heavy atom. The Bertz CT molecular complexity index is 861. The average Bonchev–Trinajstić information content (AvgIpc) is 2.91. The molecule has 0 aromatic heterocycles. The van der Waals surface area contributed by atoms with Crippen molar-refractivity contribution >= 4 is 15.8 Å². The lowest BCUT2D eigenvalue weighted by Gasteiger charge is -2.43. The summed E-state index contributed by atoms with van der Waals surface area (Å²) in [5.74, 6) is -1.14. The molecule has 0 aliphatic carbocycles. The third-order valence-electron chi connectivity index (χ3n) is 5.32. The van der Waals surface area contributed by atoms with Gasteiger partial charge in [-0.25, -0.2) is 13.2 Å². The van der Waals surface area contributed by atoms with E-state index in [1.165, 1.54) is 17.7 Å². The van der Waals surface area contributed by atoms with Gasteiger partial charge in [0.1, 0.15) is 11.3 Å². The van der Waals surface area contributed by atoms with E-state index in [9.17, 15) is 23.4 Å². The van der Waals surface area contributed by atoms with Gasteiger partial charge in [-0.1, -0.05) is 17.7 Å². The van der Waals surface area contributed by atoms with Gasteiger partial charge in [-0.05, 0) is 31.5 Å². The largest absolute Gasteiger partial charge is 0.507 e. The SMILES string of the molecule is CC(C)=CCN1CCN(Cc2ccc(O)c(C(=O)O)c2)[C@@H]2CS(=O)(=O)C[C@@H]21. The molecule has 1 aromatic rings. The first kappa shape index (κ1) is 19.9. The summed E-state index contributed by atoms with van der Waals surface area (Å²) in [6.45, 7) is 6.76. The van der Waals surface area contributed by atoms with Gasteiger partial charge in [0.15, 0.2) is 9.84 Å². The van der Waals surface area contributed by atoms with Crippen LogP contribution in [0.25, 0.3) is 0 Å². The van der Waals surface area contributed by atoms with Crippen LogP contribution in [0, 0.1) is 0 Å². The van der Waals surface area contributed by atoms with Crippen LogP contribution in [0.5, 0.6) is 5.75 Å². The molecule has 2 saturated heterocycles. The maximum Gasteiger partial charge on any atom is 0.339 e. The van der Waals surface area contributed by atoms with Crippen molar-refractivity contribution in [3.8, 4) is 5.75 Å². The minimum absolute atomic E-state index is 0.0459. The minimum atomic E-state index is -3.09. The quantitative estimate of drug-likeness (QED) is 0.727. The third-order valence-corrected chi connectivity index (χ3v) is 7.02. The fourth-order valence-corrected chi connectivity index (χ4v) is 5.95. The standard InChI is InChI=1S/C19H26N2O5S/c1-13(2)5-6-20-7-8-21(17-12-27(25,26)11-16(17)20)10-14-3-4-18(22)15(9-14)19(23)24/h3-5,9,16-17,22H,6-8,10-12H2,1-2H3,(H,23,24)/t16-,17+/m0/s1. The summed E-state index contributed by atoms with van der Waals surface area (Å²) in [6, 6.07) is 4.39. The number of hydrogen-bond donors (Lipinski definition) is 2. The Kier molecular flexibility index (Phi) is 5.60. The van der Waals surface area contributed by atoms with Crippen molar-refractivity contribution in [3.05, 3.63) is 41.0 Å². The van der Waals surface area contributed by atoms with E-state index < -0.39 is 15.8 Å². The van der Waals surface area contributed by atoms with Gasteiger partial charge in [-0.2, -0.15) is 0 Å². The van der Waals surface area contributed by atoms with Crippen LogP contribution in [0.4, 0.5) is 0 Å². The van der Waals surface area contributed by atoms with Crippen molar-refractivity contribution in [2.75, 3.05) is 31.1 Å². The Hall–Kier alpha value is -1.90. The van der Waals surface area contributed by atoms with Gasteiger partial charge >= 0.3 is 5.97 Å². The van der Waals surface area contributed by atoms with Crippen LogP contribution in [0.15, 0.2) is 29.8 Å². The molecule has 0 bridgehead atoms. The smallest absolute Gasteiger partial charge is 0.339 e. The number of aromatic carboxylic acids is 1. The topological polar surface area (TPSA) is 98.2 Å². The van der Waals surface area contributed by atoms with Gasteiger partial charge in [0.2, 0.25) is 0 Å². The fraction of sp³-hybridized carbons (Fsp3) is 0.526. The normalized spacial score (nSPS) is 25.1. The molecule has 8 heteroatoms. The number of benzene rings is 1. The lowest BCUT2D eigenvalue weighted by atomic mass is 10.0. The van der Waals surface area contributed by atoms with Crippen molar-refractivity contribution in [1.82, 2.24) is 9.80 Å². The van der Waals surface area contributed by atoms with Crippen molar-refractivity contribution in [2.45, 2.75) is 32.5 Å². The summed E-state index contributed by atoms with van der Waals surface area (Å²) in [6.07, 6.45) is 2.12. The first-order valence-electron chi connectivity index (χ1n) is 9.03. The summed E-state index contributed by atoms with van der Waals surface area (Å²) >= 11 is 0. The van der Waals surface area contributed by atoms with Gasteiger partial charge < -0.3 is 10.2 Å². The molecule has 1 aromatic carbocycles. The number of carbonyl (C=O) groups is 1. The highest BCUT2D eigenvalue weighted by Gasteiger charge is 2.46. The predicted octanol–water partition coefficient (Wildman–Crippen LogP) is 1.34. The number of sulfone groups is 1. The zero-order valence-corrected chi connectivity index (χ0v) is 16.4. The predicted molar refractivity (Wildman–Crippen MR) is 103 cm³/mol. The molecule has 2 heterocycles. The lowest BCUT2D eigenvalue weighted by molar-refractivity contribution is 0.0477. The van der Waals surface area contributed by atoms with E-state index in [4.69, 9.17) is 0 Å². The molecule has 0 amide bonds. The van der Waals surface area contributed by atoms with Crippen LogP contribution < -0.4 is 0 Å². The minimum Gasteiger partial charge on any atom is -0.507 e. The number of hydrogen-bond acceptors (Lipinski definition) is 6. The molecule has 0 radical (unpaired) electrons. The number of phenols is 1. The van der Waals surface area contributed by atoms with Gasteiger partial charge in [0, 0.05) is 38.3 Å². The van der Waals surface area contributed by atoms with Gasteiger partial charge in [-0.3, -0.25) is 9.80 Å². The zero-order valence-electron chi connectivity index (χ0n) is 15.6. The number of aromatic hydroxyl groups is 1. The molecule has 2 N–H and O–H groups in total. The maximum absolute atomic E-state index is 12.3. The van der Waals surface area contributed by atoms with Crippen molar-refractivity contribution in [3.63, 3.8) is 0 Å². The van der Waals surface area contributed by atoms with E-state index in [2.05, 4.69) is 15.9 Å². The van der Waals surface area contributed by atoms with Gasteiger partial charge in [0.05, 0.1) is 11.5 Å². The fourth-order valence-electron chi connectivity index (χ4n) is 3.91. The molecular weight excluding hydrogens is 368 g/mol. The van der Waals surface area contributed by atoms with Crippen LogP contribution in [-0.2, 0) is 16.4 Å². The molecule has 2 fully saturated rings. The molecule has 7 nitrogen and oxygen atoms in total. The molecule has 0 spiro atoms. The van der Waals surface area contributed by atoms with E-state index in [1.807, 2.05) is 13.8 Å². The Labute approximate surface area is 159 Å². The zero-order chi connectivity index (χ0) is 19.8.